The number of benzene rings is 3. The summed E-state index contributed by atoms with van der Waals surface area (Å²) in [6, 6.07) is 22.8. The van der Waals surface area contributed by atoms with Crippen LogP contribution in [0.4, 0.5) is 11.4 Å². The molecule has 0 saturated carbocycles. The van der Waals surface area contributed by atoms with Crippen LogP contribution in [-0.2, 0) is 0 Å². The molecular weight excluding hydrogens is 280 g/mol. The van der Waals surface area contributed by atoms with Gasteiger partial charge in [0.05, 0.1) is 11.4 Å². The summed E-state index contributed by atoms with van der Waals surface area (Å²) in [7, 11) is 0. The first-order chi connectivity index (χ1) is 11.1. The van der Waals surface area contributed by atoms with Gasteiger partial charge in [-0.3, -0.25) is 0 Å². The second kappa shape index (κ2) is 6.57. The van der Waals surface area contributed by atoms with Crippen molar-refractivity contribution < 1.29 is 0 Å². The van der Waals surface area contributed by atoms with Crippen LogP contribution >= 0.6 is 0 Å². The molecule has 2 nitrogen and oxygen atoms in total. The molecule has 0 aromatic heterocycles. The van der Waals surface area contributed by atoms with Gasteiger partial charge >= 0.3 is 0 Å². The van der Waals surface area contributed by atoms with Gasteiger partial charge in [-0.2, -0.15) is 5.11 Å². The average molecular weight is 300 g/mol. The number of rotatable bonds is 3. The molecule has 0 saturated heterocycles. The van der Waals surface area contributed by atoms with Crippen molar-refractivity contribution in [2.45, 2.75) is 20.8 Å². The predicted octanol–water partition coefficient (Wildman–Crippen LogP) is 6.69. The molecule has 0 bridgehead atoms. The van der Waals surface area contributed by atoms with Crippen molar-refractivity contribution in [3.8, 4) is 11.1 Å². The number of aryl methyl sites for hydroxylation is 3. The third kappa shape index (κ3) is 3.72. The van der Waals surface area contributed by atoms with E-state index in [1.54, 1.807) is 0 Å². The molecule has 0 radical (unpaired) electrons. The zero-order valence-electron chi connectivity index (χ0n) is 13.7. The van der Waals surface area contributed by atoms with Gasteiger partial charge in [-0.15, -0.1) is 5.11 Å². The zero-order valence-corrected chi connectivity index (χ0v) is 13.7. The maximum atomic E-state index is 4.47. The second-order valence-corrected chi connectivity index (χ2v) is 5.92. The highest BCUT2D eigenvalue weighted by molar-refractivity contribution is 5.76. The van der Waals surface area contributed by atoms with Crippen LogP contribution in [0.25, 0.3) is 11.1 Å². The highest BCUT2D eigenvalue weighted by Crippen LogP contribution is 2.32. The van der Waals surface area contributed by atoms with E-state index in [0.29, 0.717) is 0 Å². The fraction of sp³-hybridized carbons (Fsp3) is 0.143. The van der Waals surface area contributed by atoms with Gasteiger partial charge in [0.25, 0.3) is 0 Å². The normalized spacial score (nSPS) is 11.1. The molecule has 0 N–H and O–H groups in total. The zero-order chi connectivity index (χ0) is 16.2. The number of hydrogen-bond donors (Lipinski definition) is 0. The minimum Gasteiger partial charge on any atom is -0.151 e. The van der Waals surface area contributed by atoms with Crippen molar-refractivity contribution >= 4 is 11.4 Å². The maximum absolute atomic E-state index is 4.47. The van der Waals surface area contributed by atoms with Gasteiger partial charge in [-0.05, 0) is 50.6 Å². The topological polar surface area (TPSA) is 24.7 Å². The van der Waals surface area contributed by atoms with E-state index in [1.165, 1.54) is 16.7 Å². The number of hydrogen-bond acceptors (Lipinski definition) is 2. The minimum absolute atomic E-state index is 0.867. The van der Waals surface area contributed by atoms with Crippen LogP contribution in [0.5, 0.6) is 0 Å². The Bertz CT molecular complexity index is 829. The summed E-state index contributed by atoms with van der Waals surface area (Å²) in [5.74, 6) is 0. The molecule has 114 valence electrons. The van der Waals surface area contributed by atoms with Crippen LogP contribution in [0.3, 0.4) is 0 Å². The molecule has 0 atom stereocenters. The molecule has 23 heavy (non-hydrogen) atoms. The molecule has 0 aliphatic heterocycles. The molecule has 2 heteroatoms. The summed E-state index contributed by atoms with van der Waals surface area (Å²) in [6.07, 6.45) is 0. The average Bonchev–Trinajstić information content (AvgIpc) is 2.56. The van der Waals surface area contributed by atoms with Gasteiger partial charge in [0.2, 0.25) is 0 Å². The molecule has 0 amide bonds. The Hall–Kier alpha value is -2.74. The van der Waals surface area contributed by atoms with E-state index in [0.717, 1.165) is 22.5 Å². The van der Waals surface area contributed by atoms with Crippen LogP contribution in [0.15, 0.2) is 77.0 Å². The molecule has 0 spiro atoms. The highest BCUT2D eigenvalue weighted by atomic mass is 15.1. The molecule has 0 unspecified atom stereocenters. The molecule has 0 aliphatic carbocycles. The highest BCUT2D eigenvalue weighted by Gasteiger charge is 2.05. The van der Waals surface area contributed by atoms with Crippen molar-refractivity contribution in [1.29, 1.82) is 0 Å². The van der Waals surface area contributed by atoms with Crippen molar-refractivity contribution in [2.75, 3.05) is 0 Å². The van der Waals surface area contributed by atoms with E-state index in [4.69, 9.17) is 0 Å². The fourth-order valence-electron chi connectivity index (χ4n) is 2.42. The van der Waals surface area contributed by atoms with Crippen molar-refractivity contribution in [3.63, 3.8) is 0 Å². The summed E-state index contributed by atoms with van der Waals surface area (Å²) in [5.41, 5.74) is 7.72. The lowest BCUT2D eigenvalue weighted by Gasteiger charge is -2.07. The number of azo groups is 1. The van der Waals surface area contributed by atoms with Crippen molar-refractivity contribution in [2.24, 2.45) is 10.2 Å². The molecule has 0 aliphatic rings. The predicted molar refractivity (Wildman–Crippen MR) is 96.7 cm³/mol. The summed E-state index contributed by atoms with van der Waals surface area (Å²) >= 11 is 0. The van der Waals surface area contributed by atoms with Crippen LogP contribution in [0, 0.1) is 20.8 Å². The monoisotopic (exact) mass is 300 g/mol. The Balaban J connectivity index is 1.99. The first-order valence-electron chi connectivity index (χ1n) is 7.78. The van der Waals surface area contributed by atoms with Gasteiger partial charge in [0.1, 0.15) is 0 Å². The largest absolute Gasteiger partial charge is 0.151 e. The Morgan fingerprint density at radius 3 is 1.78 bits per heavy atom. The maximum Gasteiger partial charge on any atom is 0.0935 e. The van der Waals surface area contributed by atoms with Crippen LogP contribution in [0.1, 0.15) is 16.7 Å². The lowest BCUT2D eigenvalue weighted by molar-refractivity contribution is 1.22. The van der Waals surface area contributed by atoms with Gasteiger partial charge in [0, 0.05) is 5.56 Å². The van der Waals surface area contributed by atoms with E-state index in [9.17, 15) is 0 Å². The summed E-state index contributed by atoms with van der Waals surface area (Å²) in [4.78, 5) is 0. The molecular formula is C21H20N2. The molecule has 3 rings (SSSR count). The SMILES string of the molecule is Cc1ccc(N=Nc2ccc(C)cc2-c2ccc(C)cc2)cc1. The lowest BCUT2D eigenvalue weighted by atomic mass is 10.0. The third-order valence-corrected chi connectivity index (χ3v) is 3.82. The Kier molecular flexibility index (Phi) is 4.33. The van der Waals surface area contributed by atoms with Crippen LogP contribution in [0.2, 0.25) is 0 Å². The van der Waals surface area contributed by atoms with Crippen molar-refractivity contribution in [1.82, 2.24) is 0 Å². The summed E-state index contributed by atoms with van der Waals surface area (Å²) in [5, 5.41) is 8.85. The standard InChI is InChI=1S/C21H20N2/c1-15-4-9-18(10-5-15)20-14-17(3)8-13-21(20)23-22-19-11-6-16(2)7-12-19/h4-14H,1-3H3. The Morgan fingerprint density at radius 1 is 0.565 bits per heavy atom. The van der Waals surface area contributed by atoms with Gasteiger partial charge in [-0.1, -0.05) is 59.2 Å². The second-order valence-electron chi connectivity index (χ2n) is 5.92. The van der Waals surface area contributed by atoms with Gasteiger partial charge in [-0.25, -0.2) is 0 Å². The van der Waals surface area contributed by atoms with E-state index in [2.05, 4.69) is 67.4 Å². The Labute approximate surface area is 137 Å². The van der Waals surface area contributed by atoms with Gasteiger partial charge in [0.15, 0.2) is 0 Å². The van der Waals surface area contributed by atoms with E-state index >= 15 is 0 Å². The third-order valence-electron chi connectivity index (χ3n) is 3.82. The smallest absolute Gasteiger partial charge is 0.0935 e. The van der Waals surface area contributed by atoms with Crippen LogP contribution < -0.4 is 0 Å². The van der Waals surface area contributed by atoms with Crippen LogP contribution in [-0.4, -0.2) is 0 Å². The minimum atomic E-state index is 0.867. The molecule has 0 heterocycles. The first-order valence-corrected chi connectivity index (χ1v) is 7.78. The summed E-state index contributed by atoms with van der Waals surface area (Å²) < 4.78 is 0. The van der Waals surface area contributed by atoms with E-state index in [1.807, 2.05) is 30.3 Å². The first kappa shape index (κ1) is 15.2. The fourth-order valence-corrected chi connectivity index (χ4v) is 2.42. The summed E-state index contributed by atoms with van der Waals surface area (Å²) in [6.45, 7) is 6.26. The van der Waals surface area contributed by atoms with E-state index in [-0.39, 0.29) is 0 Å². The molecule has 0 fully saturated rings. The Morgan fingerprint density at radius 2 is 1.13 bits per heavy atom. The van der Waals surface area contributed by atoms with Crippen molar-refractivity contribution in [3.05, 3.63) is 83.4 Å². The lowest BCUT2D eigenvalue weighted by Crippen LogP contribution is -1.82. The quantitative estimate of drug-likeness (QED) is 0.481. The molecule has 3 aromatic rings. The van der Waals surface area contributed by atoms with E-state index < -0.39 is 0 Å². The molecule has 3 aromatic carbocycles. The van der Waals surface area contributed by atoms with Gasteiger partial charge < -0.3 is 0 Å². The number of nitrogens with zero attached hydrogens (tertiary/aromatic N) is 2.